The van der Waals surface area contributed by atoms with Crippen molar-refractivity contribution < 1.29 is 22.7 Å². The second kappa shape index (κ2) is 5.51. The van der Waals surface area contributed by atoms with E-state index in [0.717, 1.165) is 11.0 Å². The summed E-state index contributed by atoms with van der Waals surface area (Å²) in [5.74, 6) is -0.121. The topological polar surface area (TPSA) is 80.0 Å². The quantitative estimate of drug-likeness (QED) is 0.875. The van der Waals surface area contributed by atoms with Crippen LogP contribution in [0.4, 0.5) is 23.7 Å². The van der Waals surface area contributed by atoms with Crippen LogP contribution < -0.4 is 15.8 Å². The molecule has 0 bridgehead atoms. The molecule has 1 heterocycles. The molecule has 0 spiro atoms. The number of nitrogens with one attached hydrogen (secondary N) is 1. The number of amides is 2. The maximum atomic E-state index is 13.0. The lowest BCUT2D eigenvalue weighted by atomic mass is 10.1. The largest absolute Gasteiger partial charge is 0.495 e. The Bertz CT molecular complexity index is 586. The van der Waals surface area contributed by atoms with Crippen molar-refractivity contribution in [2.75, 3.05) is 25.5 Å². The van der Waals surface area contributed by atoms with Crippen molar-refractivity contribution in [1.29, 1.82) is 0 Å². The van der Waals surface area contributed by atoms with Gasteiger partial charge in [-0.2, -0.15) is 13.2 Å². The number of ether oxygens (including phenoxy) is 1. The van der Waals surface area contributed by atoms with Gasteiger partial charge in [-0.1, -0.05) is 6.07 Å². The van der Waals surface area contributed by atoms with Gasteiger partial charge in [-0.3, -0.25) is 9.89 Å². The molecule has 0 unspecified atom stereocenters. The number of methoxy groups -OCH3 is 1. The van der Waals surface area contributed by atoms with E-state index in [1.54, 1.807) is 0 Å². The third-order valence-electron chi connectivity index (χ3n) is 2.90. The highest BCUT2D eigenvalue weighted by Gasteiger charge is 2.36. The van der Waals surface area contributed by atoms with Crippen molar-refractivity contribution in [2.24, 2.45) is 10.7 Å². The molecule has 1 aliphatic rings. The van der Waals surface area contributed by atoms with Crippen molar-refractivity contribution in [3.63, 3.8) is 0 Å². The Hall–Kier alpha value is -2.45. The van der Waals surface area contributed by atoms with Crippen LogP contribution in [0.1, 0.15) is 5.56 Å². The van der Waals surface area contributed by atoms with Crippen molar-refractivity contribution in [3.8, 4) is 5.75 Å². The number of nitrogens with two attached hydrogens (primary N) is 1. The molecule has 2 rings (SSSR count). The van der Waals surface area contributed by atoms with Crippen LogP contribution in [-0.2, 0) is 6.18 Å². The zero-order valence-corrected chi connectivity index (χ0v) is 11.1. The van der Waals surface area contributed by atoms with Gasteiger partial charge in [-0.25, -0.2) is 4.79 Å². The normalized spacial score (nSPS) is 14.9. The summed E-state index contributed by atoms with van der Waals surface area (Å²) in [7, 11) is 1.22. The summed E-state index contributed by atoms with van der Waals surface area (Å²) in [6, 6.07) is 2.60. The maximum absolute atomic E-state index is 13.0. The zero-order chi connectivity index (χ0) is 15.6. The van der Waals surface area contributed by atoms with E-state index in [-0.39, 0.29) is 18.3 Å². The number of rotatable bonds is 2. The highest BCUT2D eigenvalue weighted by molar-refractivity contribution is 6.03. The number of hydrogen-bond donors (Lipinski definition) is 2. The third-order valence-corrected chi connectivity index (χ3v) is 2.90. The van der Waals surface area contributed by atoms with Crippen LogP contribution in [0.3, 0.4) is 0 Å². The zero-order valence-electron chi connectivity index (χ0n) is 11.1. The molecule has 1 aromatic carbocycles. The Kier molecular flexibility index (Phi) is 3.92. The predicted octanol–water partition coefficient (Wildman–Crippen LogP) is 1.88. The van der Waals surface area contributed by atoms with Crippen molar-refractivity contribution in [1.82, 2.24) is 4.90 Å². The number of aliphatic imine (C=N–C) groups is 1. The molecule has 0 fully saturated rings. The molecule has 0 saturated heterocycles. The summed E-state index contributed by atoms with van der Waals surface area (Å²) in [5.41, 5.74) is 4.05. The summed E-state index contributed by atoms with van der Waals surface area (Å²) >= 11 is 0. The molecule has 9 heteroatoms. The molecule has 1 aliphatic heterocycles. The standard InChI is InChI=1S/C12H13F3N4O2/c1-21-8-4-2-3-7(12(13,14)15)9(8)18-11(20)19-6-5-17-10(19)16/h2-4H,5-6H2,1H3,(H2,16,17)(H,18,20). The van der Waals surface area contributed by atoms with Crippen LogP contribution in [0, 0.1) is 0 Å². The molecule has 0 aromatic heterocycles. The number of carbonyl (C=O) groups is 1. The summed E-state index contributed by atoms with van der Waals surface area (Å²) in [6.07, 6.45) is -4.62. The minimum Gasteiger partial charge on any atom is -0.495 e. The first-order valence-corrected chi connectivity index (χ1v) is 5.97. The number of nitrogens with zero attached hydrogens (tertiary/aromatic N) is 2. The van der Waals surface area contributed by atoms with Crippen LogP contribution in [-0.4, -0.2) is 37.1 Å². The number of benzene rings is 1. The lowest BCUT2D eigenvalue weighted by Crippen LogP contribution is -2.42. The number of urea groups is 1. The van der Waals surface area contributed by atoms with Gasteiger partial charge < -0.3 is 15.8 Å². The Morgan fingerprint density at radius 3 is 2.71 bits per heavy atom. The van der Waals surface area contributed by atoms with E-state index in [1.165, 1.54) is 19.2 Å². The molecule has 0 atom stereocenters. The monoisotopic (exact) mass is 302 g/mol. The molecule has 0 aliphatic carbocycles. The Labute approximate surface area is 118 Å². The molecule has 0 radical (unpaired) electrons. The highest BCUT2D eigenvalue weighted by Crippen LogP contribution is 2.39. The van der Waals surface area contributed by atoms with E-state index in [1.807, 2.05) is 0 Å². The first-order chi connectivity index (χ1) is 9.84. The van der Waals surface area contributed by atoms with Crippen LogP contribution >= 0.6 is 0 Å². The fourth-order valence-electron chi connectivity index (χ4n) is 1.91. The molecule has 6 nitrogen and oxygen atoms in total. The Morgan fingerprint density at radius 1 is 1.48 bits per heavy atom. The molecule has 2 amide bonds. The van der Waals surface area contributed by atoms with E-state index in [0.29, 0.717) is 6.54 Å². The van der Waals surface area contributed by atoms with E-state index >= 15 is 0 Å². The summed E-state index contributed by atoms with van der Waals surface area (Å²) < 4.78 is 43.9. The summed E-state index contributed by atoms with van der Waals surface area (Å²) in [4.78, 5) is 16.9. The lowest BCUT2D eigenvalue weighted by molar-refractivity contribution is -0.137. The molecule has 114 valence electrons. The average Bonchev–Trinajstić information content (AvgIpc) is 2.84. The second-order valence-electron chi connectivity index (χ2n) is 4.20. The predicted molar refractivity (Wildman–Crippen MR) is 70.2 cm³/mol. The number of hydrogen-bond acceptors (Lipinski definition) is 4. The number of guanidine groups is 1. The molecule has 1 aromatic rings. The molecule has 21 heavy (non-hydrogen) atoms. The second-order valence-corrected chi connectivity index (χ2v) is 4.20. The van der Waals surface area contributed by atoms with E-state index in [2.05, 4.69) is 10.3 Å². The lowest BCUT2D eigenvalue weighted by Gasteiger charge is -2.20. The number of halogens is 3. The molecular formula is C12H13F3N4O2. The van der Waals surface area contributed by atoms with Crippen molar-refractivity contribution in [3.05, 3.63) is 23.8 Å². The molecule has 0 saturated carbocycles. The Balaban J connectivity index is 2.34. The van der Waals surface area contributed by atoms with E-state index in [4.69, 9.17) is 10.5 Å². The number of alkyl halides is 3. The minimum absolute atomic E-state index is 0.0315. The maximum Gasteiger partial charge on any atom is 0.418 e. The average molecular weight is 302 g/mol. The van der Waals surface area contributed by atoms with Gasteiger partial charge in [0.15, 0.2) is 5.96 Å². The first-order valence-electron chi connectivity index (χ1n) is 5.97. The smallest absolute Gasteiger partial charge is 0.418 e. The number of carbonyl (C=O) groups excluding carboxylic acids is 1. The SMILES string of the molecule is COc1cccc(C(F)(F)F)c1NC(=O)N1CCN=C1N. The van der Waals surface area contributed by atoms with Gasteiger partial charge in [0.05, 0.1) is 31.5 Å². The van der Waals surface area contributed by atoms with E-state index in [9.17, 15) is 18.0 Å². The van der Waals surface area contributed by atoms with Crippen LogP contribution in [0.25, 0.3) is 0 Å². The van der Waals surface area contributed by atoms with Crippen LogP contribution in [0.5, 0.6) is 5.75 Å². The summed E-state index contributed by atoms with van der Waals surface area (Å²) in [5, 5.41) is 2.19. The van der Waals surface area contributed by atoms with Gasteiger partial charge in [0.25, 0.3) is 0 Å². The van der Waals surface area contributed by atoms with Crippen LogP contribution in [0.2, 0.25) is 0 Å². The van der Waals surface area contributed by atoms with Gasteiger partial charge in [0.1, 0.15) is 5.75 Å². The molecular weight excluding hydrogens is 289 g/mol. The molecule has 3 N–H and O–H groups in total. The Morgan fingerprint density at radius 2 is 2.19 bits per heavy atom. The highest BCUT2D eigenvalue weighted by atomic mass is 19.4. The fourth-order valence-corrected chi connectivity index (χ4v) is 1.91. The van der Waals surface area contributed by atoms with E-state index < -0.39 is 23.5 Å². The fraction of sp³-hybridized carbons (Fsp3) is 0.333. The number of para-hydroxylation sites is 1. The van der Waals surface area contributed by atoms with Gasteiger partial charge >= 0.3 is 12.2 Å². The van der Waals surface area contributed by atoms with Gasteiger partial charge in [-0.05, 0) is 12.1 Å². The van der Waals surface area contributed by atoms with Crippen LogP contribution in [0.15, 0.2) is 23.2 Å². The number of anilines is 1. The van der Waals surface area contributed by atoms with Gasteiger partial charge in [0, 0.05) is 0 Å². The summed E-state index contributed by atoms with van der Waals surface area (Å²) in [6.45, 7) is 0.533. The first kappa shape index (κ1) is 14.9. The van der Waals surface area contributed by atoms with Crippen molar-refractivity contribution >= 4 is 17.7 Å². The third kappa shape index (κ3) is 3.01. The van der Waals surface area contributed by atoms with Gasteiger partial charge in [0.2, 0.25) is 0 Å². The van der Waals surface area contributed by atoms with Crippen molar-refractivity contribution in [2.45, 2.75) is 6.18 Å². The minimum atomic E-state index is -4.62. The van der Waals surface area contributed by atoms with Gasteiger partial charge in [-0.15, -0.1) is 0 Å².